The fraction of sp³-hybridized carbons (Fsp3) is 0.118. The second kappa shape index (κ2) is 8.34. The summed E-state index contributed by atoms with van der Waals surface area (Å²) in [6.07, 6.45) is 3.92. The van der Waals surface area contributed by atoms with Crippen molar-refractivity contribution < 1.29 is 13.6 Å². The second-order valence-corrected chi connectivity index (χ2v) is 5.53. The van der Waals surface area contributed by atoms with Gasteiger partial charge in [-0.1, -0.05) is 42.5 Å². The Hall–Kier alpha value is -2.14. The van der Waals surface area contributed by atoms with Crippen LogP contribution in [0.25, 0.3) is 6.08 Å². The van der Waals surface area contributed by atoms with Gasteiger partial charge >= 0.3 is 0 Å². The lowest BCUT2D eigenvalue weighted by Gasteiger charge is -2.05. The van der Waals surface area contributed by atoms with Crippen LogP contribution in [0.3, 0.4) is 0 Å². The summed E-state index contributed by atoms with van der Waals surface area (Å²) >= 11 is 1.39. The molecule has 0 bridgehead atoms. The lowest BCUT2D eigenvalue weighted by molar-refractivity contribution is -0.113. The van der Waals surface area contributed by atoms with Gasteiger partial charge in [0, 0.05) is 11.8 Å². The van der Waals surface area contributed by atoms with Crippen LogP contribution in [0.5, 0.6) is 0 Å². The quantitative estimate of drug-likeness (QED) is 0.802. The Balaban J connectivity index is 1.74. The van der Waals surface area contributed by atoms with Crippen molar-refractivity contribution in [1.29, 1.82) is 0 Å². The molecule has 0 aliphatic carbocycles. The molecule has 2 nitrogen and oxygen atoms in total. The molecule has 2 aromatic rings. The largest absolute Gasteiger partial charge is 0.323 e. The van der Waals surface area contributed by atoms with Crippen molar-refractivity contribution in [1.82, 2.24) is 0 Å². The number of thioether (sulfide) groups is 1. The number of amides is 1. The minimum atomic E-state index is -0.649. The van der Waals surface area contributed by atoms with E-state index in [4.69, 9.17) is 0 Å². The van der Waals surface area contributed by atoms with E-state index in [1.807, 2.05) is 42.5 Å². The monoisotopic (exact) mass is 319 g/mol. The summed E-state index contributed by atoms with van der Waals surface area (Å²) in [5.74, 6) is -0.760. The van der Waals surface area contributed by atoms with Gasteiger partial charge in [-0.3, -0.25) is 4.79 Å². The Morgan fingerprint density at radius 2 is 1.91 bits per heavy atom. The van der Waals surface area contributed by atoms with Gasteiger partial charge < -0.3 is 5.32 Å². The highest BCUT2D eigenvalue weighted by Gasteiger charge is 2.07. The van der Waals surface area contributed by atoms with Crippen LogP contribution in [0.4, 0.5) is 14.5 Å². The van der Waals surface area contributed by atoms with Gasteiger partial charge in [0.2, 0.25) is 5.91 Å². The van der Waals surface area contributed by atoms with Crippen LogP contribution >= 0.6 is 11.8 Å². The third-order valence-corrected chi connectivity index (χ3v) is 3.65. The van der Waals surface area contributed by atoms with Gasteiger partial charge in [0.1, 0.15) is 11.6 Å². The van der Waals surface area contributed by atoms with E-state index in [-0.39, 0.29) is 17.3 Å². The molecule has 22 heavy (non-hydrogen) atoms. The van der Waals surface area contributed by atoms with Gasteiger partial charge in [-0.25, -0.2) is 8.78 Å². The first-order valence-corrected chi connectivity index (χ1v) is 7.85. The molecule has 0 spiro atoms. The fourth-order valence-electron chi connectivity index (χ4n) is 1.75. The predicted octanol–water partition coefficient (Wildman–Crippen LogP) is 4.35. The topological polar surface area (TPSA) is 29.1 Å². The van der Waals surface area contributed by atoms with Gasteiger partial charge in [0.05, 0.1) is 11.4 Å². The molecule has 0 aliphatic heterocycles. The lowest BCUT2D eigenvalue weighted by Crippen LogP contribution is -2.15. The number of benzene rings is 2. The molecule has 0 atom stereocenters. The van der Waals surface area contributed by atoms with Gasteiger partial charge in [-0.15, -0.1) is 11.8 Å². The van der Waals surface area contributed by atoms with E-state index < -0.39 is 11.6 Å². The maximum atomic E-state index is 13.4. The number of rotatable bonds is 6. The zero-order valence-corrected chi connectivity index (χ0v) is 12.6. The molecule has 0 heterocycles. The molecular weight excluding hydrogens is 304 g/mol. The van der Waals surface area contributed by atoms with E-state index in [1.54, 1.807) is 0 Å². The molecule has 1 amide bonds. The summed E-state index contributed by atoms with van der Waals surface area (Å²) in [5.41, 5.74) is 0.958. The van der Waals surface area contributed by atoms with E-state index in [0.717, 1.165) is 23.8 Å². The van der Waals surface area contributed by atoms with Gasteiger partial charge in [-0.2, -0.15) is 0 Å². The molecule has 0 fully saturated rings. The number of carbonyl (C=O) groups excluding carboxylic acids is 1. The minimum absolute atomic E-state index is 0.134. The van der Waals surface area contributed by atoms with Gasteiger partial charge in [0.25, 0.3) is 0 Å². The molecule has 0 unspecified atom stereocenters. The Morgan fingerprint density at radius 1 is 1.14 bits per heavy atom. The molecule has 0 radical (unpaired) electrons. The van der Waals surface area contributed by atoms with Crippen molar-refractivity contribution in [3.8, 4) is 0 Å². The molecule has 0 aromatic heterocycles. The van der Waals surface area contributed by atoms with Crippen LogP contribution in [0.1, 0.15) is 5.56 Å². The van der Waals surface area contributed by atoms with Crippen LogP contribution in [0, 0.1) is 11.6 Å². The molecule has 0 saturated heterocycles. The highest BCUT2D eigenvalue weighted by atomic mass is 32.2. The summed E-state index contributed by atoms with van der Waals surface area (Å²) in [5, 5.41) is 2.36. The fourth-order valence-corrected chi connectivity index (χ4v) is 2.36. The van der Waals surface area contributed by atoms with E-state index in [9.17, 15) is 13.6 Å². The smallest absolute Gasteiger partial charge is 0.234 e. The third kappa shape index (κ3) is 5.33. The van der Waals surface area contributed by atoms with E-state index in [0.29, 0.717) is 5.75 Å². The first-order chi connectivity index (χ1) is 10.6. The summed E-state index contributed by atoms with van der Waals surface area (Å²) in [4.78, 5) is 11.7. The second-order valence-electron chi connectivity index (χ2n) is 4.50. The lowest BCUT2D eigenvalue weighted by atomic mass is 10.2. The Kier molecular flexibility index (Phi) is 6.15. The molecule has 2 rings (SSSR count). The minimum Gasteiger partial charge on any atom is -0.323 e. The molecule has 2 aromatic carbocycles. The van der Waals surface area contributed by atoms with E-state index in [2.05, 4.69) is 5.32 Å². The molecule has 114 valence electrons. The zero-order chi connectivity index (χ0) is 15.8. The van der Waals surface area contributed by atoms with E-state index >= 15 is 0 Å². The van der Waals surface area contributed by atoms with Crippen molar-refractivity contribution in [3.05, 3.63) is 71.8 Å². The van der Waals surface area contributed by atoms with Crippen LogP contribution in [-0.4, -0.2) is 17.4 Å². The molecule has 0 aliphatic rings. The Morgan fingerprint density at radius 3 is 2.68 bits per heavy atom. The number of nitrogens with one attached hydrogen (secondary N) is 1. The van der Waals surface area contributed by atoms with Crippen LogP contribution in [0.15, 0.2) is 54.6 Å². The molecule has 5 heteroatoms. The van der Waals surface area contributed by atoms with Crippen LogP contribution < -0.4 is 5.32 Å². The van der Waals surface area contributed by atoms with E-state index in [1.165, 1.54) is 11.8 Å². The summed E-state index contributed by atoms with van der Waals surface area (Å²) in [6.45, 7) is 0. The summed E-state index contributed by atoms with van der Waals surface area (Å²) in [6, 6.07) is 12.8. The maximum absolute atomic E-state index is 13.4. The van der Waals surface area contributed by atoms with Crippen molar-refractivity contribution in [3.63, 3.8) is 0 Å². The van der Waals surface area contributed by atoms with Gasteiger partial charge in [0.15, 0.2) is 0 Å². The van der Waals surface area contributed by atoms with Crippen LogP contribution in [0.2, 0.25) is 0 Å². The van der Waals surface area contributed by atoms with Gasteiger partial charge in [-0.05, 0) is 17.7 Å². The predicted molar refractivity (Wildman–Crippen MR) is 87.8 cm³/mol. The highest BCUT2D eigenvalue weighted by Crippen LogP contribution is 2.15. The first kappa shape index (κ1) is 16.2. The third-order valence-electron chi connectivity index (χ3n) is 2.76. The Bertz CT molecular complexity index is 659. The maximum Gasteiger partial charge on any atom is 0.234 e. The molecule has 1 N–H and O–H groups in total. The van der Waals surface area contributed by atoms with Crippen molar-refractivity contribution in [2.45, 2.75) is 0 Å². The van der Waals surface area contributed by atoms with Crippen molar-refractivity contribution in [2.24, 2.45) is 0 Å². The zero-order valence-electron chi connectivity index (χ0n) is 11.8. The number of hydrogen-bond acceptors (Lipinski definition) is 2. The summed E-state index contributed by atoms with van der Waals surface area (Å²) < 4.78 is 26.3. The van der Waals surface area contributed by atoms with Crippen molar-refractivity contribution in [2.75, 3.05) is 16.8 Å². The first-order valence-electron chi connectivity index (χ1n) is 6.69. The normalized spacial score (nSPS) is 10.8. The number of carbonyl (C=O) groups is 1. The summed E-state index contributed by atoms with van der Waals surface area (Å²) in [7, 11) is 0. The van der Waals surface area contributed by atoms with Crippen LogP contribution in [-0.2, 0) is 4.79 Å². The Labute approximate surface area is 132 Å². The standard InChI is InChI=1S/C17H15F2NOS/c18-14-8-9-15(19)16(11-14)20-17(21)12-22-10-4-7-13-5-2-1-3-6-13/h1-9,11H,10,12H2,(H,20,21)/b7-4+. The number of hydrogen-bond donors (Lipinski definition) is 1. The molecular formula is C17H15F2NOS. The SMILES string of the molecule is O=C(CSC/C=C/c1ccccc1)Nc1cc(F)ccc1F. The molecule has 0 saturated carbocycles. The average Bonchev–Trinajstić information content (AvgIpc) is 2.51. The number of halogens is 2. The number of anilines is 1. The average molecular weight is 319 g/mol. The highest BCUT2D eigenvalue weighted by molar-refractivity contribution is 8.00. The van der Waals surface area contributed by atoms with Crippen molar-refractivity contribution >= 4 is 29.4 Å².